The smallest absolute Gasteiger partial charge is 0.398 e. The van der Waals surface area contributed by atoms with Crippen LogP contribution in [0.3, 0.4) is 0 Å². The lowest BCUT2D eigenvalue weighted by Gasteiger charge is -2.16. The molecule has 0 saturated carbocycles. The van der Waals surface area contributed by atoms with Crippen LogP contribution in [0.5, 0.6) is 0 Å². The van der Waals surface area contributed by atoms with E-state index in [2.05, 4.69) is 15.3 Å². The van der Waals surface area contributed by atoms with E-state index in [0.717, 1.165) is 18.3 Å². The second-order valence-electron chi connectivity index (χ2n) is 5.23. The number of hydrogen-bond acceptors (Lipinski definition) is 5. The average molecular weight is 323 g/mol. The zero-order valence-electron chi connectivity index (χ0n) is 12.6. The second kappa shape index (κ2) is 6.23. The molecule has 2 aromatic rings. The average Bonchev–Trinajstić information content (AvgIpc) is 2.45. The number of anilines is 2. The predicted molar refractivity (Wildman–Crippen MR) is 82.6 cm³/mol. The van der Waals surface area contributed by atoms with E-state index in [4.69, 9.17) is 11.1 Å². The van der Waals surface area contributed by atoms with E-state index in [1.54, 1.807) is 0 Å². The van der Waals surface area contributed by atoms with Gasteiger partial charge in [-0.15, -0.1) is 0 Å². The van der Waals surface area contributed by atoms with Crippen LogP contribution in [0.25, 0.3) is 0 Å². The number of nitrogen functional groups attached to an aromatic ring is 1. The molecule has 0 aliphatic rings. The van der Waals surface area contributed by atoms with Crippen molar-refractivity contribution in [1.29, 1.82) is 5.41 Å². The highest BCUT2D eigenvalue weighted by atomic mass is 19.4. The fourth-order valence-electron chi connectivity index (χ4n) is 1.99. The molecule has 4 N–H and O–H groups in total. The molecule has 0 aliphatic carbocycles. The maximum Gasteiger partial charge on any atom is 0.416 e. The van der Waals surface area contributed by atoms with E-state index in [0.29, 0.717) is 5.82 Å². The number of pyridine rings is 2. The van der Waals surface area contributed by atoms with Crippen molar-refractivity contribution in [3.8, 4) is 0 Å². The van der Waals surface area contributed by atoms with Gasteiger partial charge in [0.15, 0.2) is 0 Å². The van der Waals surface area contributed by atoms with E-state index < -0.39 is 11.7 Å². The molecule has 0 radical (unpaired) electrons. The summed E-state index contributed by atoms with van der Waals surface area (Å²) in [5.41, 5.74) is 5.16. The summed E-state index contributed by atoms with van der Waals surface area (Å²) in [6.07, 6.45) is -2.01. The third kappa shape index (κ3) is 3.77. The summed E-state index contributed by atoms with van der Waals surface area (Å²) < 4.78 is 38.5. The van der Waals surface area contributed by atoms with Crippen LogP contribution in [-0.4, -0.2) is 21.7 Å². The van der Waals surface area contributed by atoms with Gasteiger partial charge in [-0.3, -0.25) is 10.4 Å². The molecule has 2 aromatic heterocycles. The van der Waals surface area contributed by atoms with Gasteiger partial charge < -0.3 is 11.1 Å². The number of alkyl halides is 3. The SMILES string of the molecule is CC(C)Nc1nccc(N)c1C(=N)c1cc(C(F)(F)F)ccn1. The van der Waals surface area contributed by atoms with Crippen LogP contribution < -0.4 is 11.1 Å². The van der Waals surface area contributed by atoms with Crippen molar-refractivity contribution in [3.05, 3.63) is 47.4 Å². The van der Waals surface area contributed by atoms with Gasteiger partial charge >= 0.3 is 6.18 Å². The molecule has 0 aliphatic heterocycles. The van der Waals surface area contributed by atoms with Crippen molar-refractivity contribution in [3.63, 3.8) is 0 Å². The van der Waals surface area contributed by atoms with Crippen molar-refractivity contribution in [2.75, 3.05) is 11.1 Å². The molecular weight excluding hydrogens is 307 g/mol. The highest BCUT2D eigenvalue weighted by Crippen LogP contribution is 2.30. The van der Waals surface area contributed by atoms with E-state index in [1.165, 1.54) is 12.3 Å². The third-order valence-corrected chi connectivity index (χ3v) is 3.00. The summed E-state index contributed by atoms with van der Waals surface area (Å²) in [5, 5.41) is 11.2. The van der Waals surface area contributed by atoms with Crippen LogP contribution in [0.1, 0.15) is 30.7 Å². The zero-order chi connectivity index (χ0) is 17.2. The lowest BCUT2D eigenvalue weighted by Crippen LogP contribution is -2.18. The molecule has 0 atom stereocenters. The van der Waals surface area contributed by atoms with Crippen molar-refractivity contribution < 1.29 is 13.2 Å². The predicted octanol–water partition coefficient (Wildman–Crippen LogP) is 3.31. The van der Waals surface area contributed by atoms with Gasteiger partial charge in [0.25, 0.3) is 0 Å². The van der Waals surface area contributed by atoms with E-state index >= 15 is 0 Å². The first kappa shape index (κ1) is 16.7. The molecule has 2 rings (SSSR count). The summed E-state index contributed by atoms with van der Waals surface area (Å²) in [4.78, 5) is 7.97. The molecule has 0 saturated heterocycles. The van der Waals surface area contributed by atoms with Crippen LogP contribution in [0.2, 0.25) is 0 Å². The Morgan fingerprint density at radius 1 is 1.22 bits per heavy atom. The minimum Gasteiger partial charge on any atom is -0.398 e. The summed E-state index contributed by atoms with van der Waals surface area (Å²) >= 11 is 0. The Hall–Kier alpha value is -2.64. The number of rotatable bonds is 4. The first-order valence-electron chi connectivity index (χ1n) is 6.83. The van der Waals surface area contributed by atoms with Gasteiger partial charge in [0, 0.05) is 24.1 Å². The maximum atomic E-state index is 12.8. The first-order valence-corrected chi connectivity index (χ1v) is 6.83. The highest BCUT2D eigenvalue weighted by molar-refractivity contribution is 6.15. The minimum atomic E-state index is -4.50. The maximum absolute atomic E-state index is 12.8. The minimum absolute atomic E-state index is 0.0188. The van der Waals surface area contributed by atoms with Gasteiger partial charge in [-0.05, 0) is 32.0 Å². The third-order valence-electron chi connectivity index (χ3n) is 3.00. The van der Waals surface area contributed by atoms with E-state index in [-0.39, 0.29) is 28.7 Å². The number of nitrogens with two attached hydrogens (primary N) is 1. The topological polar surface area (TPSA) is 87.7 Å². The Bertz CT molecular complexity index is 725. The molecular formula is C15H16F3N5. The van der Waals surface area contributed by atoms with Gasteiger partial charge in [0.2, 0.25) is 0 Å². The molecule has 0 aromatic carbocycles. The van der Waals surface area contributed by atoms with Crippen molar-refractivity contribution >= 4 is 17.2 Å². The van der Waals surface area contributed by atoms with Gasteiger partial charge in [-0.1, -0.05) is 0 Å². The van der Waals surface area contributed by atoms with Crippen molar-refractivity contribution in [2.45, 2.75) is 26.1 Å². The Kier molecular flexibility index (Phi) is 4.53. The summed E-state index contributed by atoms with van der Waals surface area (Å²) in [6, 6.07) is 3.19. The van der Waals surface area contributed by atoms with E-state index in [1.807, 2.05) is 13.8 Å². The number of aromatic nitrogens is 2. The molecule has 0 bridgehead atoms. The fraction of sp³-hybridized carbons (Fsp3) is 0.267. The van der Waals surface area contributed by atoms with Crippen LogP contribution in [0.15, 0.2) is 30.6 Å². The Morgan fingerprint density at radius 2 is 1.87 bits per heavy atom. The molecule has 0 unspecified atom stereocenters. The summed E-state index contributed by atoms with van der Waals surface area (Å²) in [5.74, 6) is 0.337. The molecule has 0 fully saturated rings. The second-order valence-corrected chi connectivity index (χ2v) is 5.23. The molecule has 8 heteroatoms. The van der Waals surface area contributed by atoms with E-state index in [9.17, 15) is 13.2 Å². The Morgan fingerprint density at radius 3 is 2.48 bits per heavy atom. The largest absolute Gasteiger partial charge is 0.416 e. The fourth-order valence-corrected chi connectivity index (χ4v) is 1.99. The lowest BCUT2D eigenvalue weighted by molar-refractivity contribution is -0.137. The van der Waals surface area contributed by atoms with Crippen LogP contribution >= 0.6 is 0 Å². The molecule has 2 heterocycles. The number of hydrogen-bond donors (Lipinski definition) is 3. The van der Waals surface area contributed by atoms with Crippen LogP contribution in [-0.2, 0) is 6.18 Å². The summed E-state index contributed by atoms with van der Waals surface area (Å²) in [7, 11) is 0. The van der Waals surface area contributed by atoms with Crippen LogP contribution in [0, 0.1) is 5.41 Å². The van der Waals surface area contributed by atoms with Gasteiger partial charge in [-0.25, -0.2) is 4.98 Å². The standard InChI is InChI=1S/C15H16F3N5/c1-8(2)23-14-12(10(19)4-6-22-14)13(20)11-7-9(3-5-21-11)15(16,17)18/h3-8,20H,1-2H3,(H3,19,22,23). The molecule has 0 amide bonds. The monoisotopic (exact) mass is 323 g/mol. The Labute approximate surface area is 131 Å². The van der Waals surface area contributed by atoms with Crippen molar-refractivity contribution in [2.24, 2.45) is 0 Å². The van der Waals surface area contributed by atoms with Gasteiger partial charge in [-0.2, -0.15) is 13.2 Å². The molecule has 23 heavy (non-hydrogen) atoms. The molecule has 122 valence electrons. The van der Waals surface area contributed by atoms with Gasteiger partial charge in [0.05, 0.1) is 22.5 Å². The summed E-state index contributed by atoms with van der Waals surface area (Å²) in [6.45, 7) is 3.75. The zero-order valence-corrected chi connectivity index (χ0v) is 12.6. The lowest BCUT2D eigenvalue weighted by atomic mass is 10.0. The quantitative estimate of drug-likeness (QED) is 0.753. The van der Waals surface area contributed by atoms with Gasteiger partial charge in [0.1, 0.15) is 5.82 Å². The normalized spacial score (nSPS) is 11.6. The molecule has 5 nitrogen and oxygen atoms in total. The molecule has 0 spiro atoms. The number of nitrogens with one attached hydrogen (secondary N) is 2. The van der Waals surface area contributed by atoms with Crippen LogP contribution in [0.4, 0.5) is 24.7 Å². The number of halogens is 3. The first-order chi connectivity index (χ1) is 10.7. The van der Waals surface area contributed by atoms with Crippen molar-refractivity contribution in [1.82, 2.24) is 9.97 Å². The Balaban J connectivity index is 2.49. The number of nitrogens with zero attached hydrogens (tertiary/aromatic N) is 2. The highest BCUT2D eigenvalue weighted by Gasteiger charge is 2.31.